The van der Waals surface area contributed by atoms with Crippen molar-refractivity contribution in [3.8, 4) is 0 Å². The van der Waals surface area contributed by atoms with Crippen molar-refractivity contribution in [2.45, 2.75) is 20.0 Å². The van der Waals surface area contributed by atoms with Crippen LogP contribution in [0, 0.1) is 10.1 Å². The Hall–Kier alpha value is -1.14. The first-order valence-corrected chi connectivity index (χ1v) is 6.13. The summed E-state index contributed by atoms with van der Waals surface area (Å²) in [5, 5.41) is 13.9. The van der Waals surface area contributed by atoms with E-state index in [2.05, 4.69) is 21.2 Å². The summed E-state index contributed by atoms with van der Waals surface area (Å²) in [6, 6.07) is 4.93. The van der Waals surface area contributed by atoms with Crippen molar-refractivity contribution in [2.24, 2.45) is 0 Å². The number of hydrogen-bond acceptors (Lipinski definition) is 4. The van der Waals surface area contributed by atoms with Crippen LogP contribution in [-0.2, 0) is 4.74 Å². The molecule has 1 atom stereocenters. The third-order valence-electron chi connectivity index (χ3n) is 2.19. The van der Waals surface area contributed by atoms with Crippen LogP contribution in [0.15, 0.2) is 22.7 Å². The first-order chi connectivity index (χ1) is 8.04. The fraction of sp³-hybridized carbons (Fsp3) is 0.455. The van der Waals surface area contributed by atoms with Crippen LogP contribution in [0.1, 0.15) is 13.8 Å². The lowest BCUT2D eigenvalue weighted by Gasteiger charge is -2.13. The predicted molar refractivity (Wildman–Crippen MR) is 70.4 cm³/mol. The highest BCUT2D eigenvalue weighted by molar-refractivity contribution is 9.10. The average molecular weight is 303 g/mol. The summed E-state index contributed by atoms with van der Waals surface area (Å²) in [4.78, 5) is 10.5. The highest BCUT2D eigenvalue weighted by atomic mass is 79.9. The third kappa shape index (κ3) is 4.32. The normalized spacial score (nSPS) is 12.2. The first kappa shape index (κ1) is 13.9. The van der Waals surface area contributed by atoms with Gasteiger partial charge in [0.1, 0.15) is 5.69 Å². The molecule has 0 heterocycles. The maximum atomic E-state index is 10.9. The molecule has 0 aliphatic heterocycles. The van der Waals surface area contributed by atoms with Gasteiger partial charge in [-0.25, -0.2) is 0 Å². The Morgan fingerprint density at radius 2 is 2.29 bits per heavy atom. The Kier molecular flexibility index (Phi) is 5.37. The number of nitrogens with zero attached hydrogens (tertiary/aromatic N) is 1. The minimum Gasteiger partial charge on any atom is -0.377 e. The van der Waals surface area contributed by atoms with Gasteiger partial charge in [-0.2, -0.15) is 0 Å². The van der Waals surface area contributed by atoms with E-state index >= 15 is 0 Å². The monoisotopic (exact) mass is 302 g/mol. The molecule has 17 heavy (non-hydrogen) atoms. The van der Waals surface area contributed by atoms with Crippen molar-refractivity contribution in [1.29, 1.82) is 0 Å². The number of anilines is 1. The molecular formula is C11H15BrN2O3. The Morgan fingerprint density at radius 1 is 1.59 bits per heavy atom. The minimum atomic E-state index is -0.404. The van der Waals surface area contributed by atoms with Crippen LogP contribution in [0.5, 0.6) is 0 Å². The molecule has 0 amide bonds. The molecule has 1 N–H and O–H groups in total. The topological polar surface area (TPSA) is 64.4 Å². The Bertz CT molecular complexity index is 398. The van der Waals surface area contributed by atoms with E-state index < -0.39 is 4.92 Å². The number of rotatable bonds is 6. The average Bonchev–Trinajstić information content (AvgIpc) is 2.27. The number of nitro benzene ring substituents is 1. The number of nitrogens with one attached hydrogen (secondary N) is 1. The summed E-state index contributed by atoms with van der Waals surface area (Å²) < 4.78 is 6.03. The van der Waals surface area contributed by atoms with E-state index in [1.54, 1.807) is 12.1 Å². The molecule has 1 aromatic rings. The Labute approximate surface area is 108 Å². The van der Waals surface area contributed by atoms with E-state index in [1.807, 2.05) is 13.8 Å². The Balaban J connectivity index is 2.73. The zero-order chi connectivity index (χ0) is 12.8. The molecule has 5 nitrogen and oxygen atoms in total. The third-order valence-corrected chi connectivity index (χ3v) is 2.68. The highest BCUT2D eigenvalue weighted by Crippen LogP contribution is 2.27. The molecule has 0 fully saturated rings. The lowest BCUT2D eigenvalue weighted by molar-refractivity contribution is -0.384. The second-order valence-electron chi connectivity index (χ2n) is 3.57. The van der Waals surface area contributed by atoms with Gasteiger partial charge in [0.05, 0.1) is 11.0 Å². The molecule has 1 unspecified atom stereocenters. The zero-order valence-electron chi connectivity index (χ0n) is 9.77. The van der Waals surface area contributed by atoms with E-state index in [9.17, 15) is 10.1 Å². The first-order valence-electron chi connectivity index (χ1n) is 5.34. The summed E-state index contributed by atoms with van der Waals surface area (Å²) in [6.45, 7) is 5.00. The van der Waals surface area contributed by atoms with Crippen molar-refractivity contribution < 1.29 is 9.66 Å². The molecule has 94 valence electrons. The largest absolute Gasteiger partial charge is 0.377 e. The molecule has 1 rings (SSSR count). The van der Waals surface area contributed by atoms with Crippen LogP contribution in [0.25, 0.3) is 0 Å². The van der Waals surface area contributed by atoms with Gasteiger partial charge in [0.25, 0.3) is 5.69 Å². The van der Waals surface area contributed by atoms with Crippen molar-refractivity contribution in [1.82, 2.24) is 0 Å². The number of benzene rings is 1. The number of nitro groups is 1. The number of halogens is 1. The van der Waals surface area contributed by atoms with Crippen LogP contribution in [0.3, 0.4) is 0 Å². The molecule has 0 aliphatic carbocycles. The molecule has 0 saturated heterocycles. The van der Waals surface area contributed by atoms with Gasteiger partial charge in [-0.1, -0.05) is 15.9 Å². The van der Waals surface area contributed by atoms with Crippen LogP contribution in [0.4, 0.5) is 11.4 Å². The van der Waals surface area contributed by atoms with Gasteiger partial charge < -0.3 is 10.1 Å². The van der Waals surface area contributed by atoms with Gasteiger partial charge in [0, 0.05) is 23.7 Å². The van der Waals surface area contributed by atoms with Gasteiger partial charge in [-0.15, -0.1) is 0 Å². The lowest BCUT2D eigenvalue weighted by Crippen LogP contribution is -2.20. The maximum absolute atomic E-state index is 10.9. The van der Waals surface area contributed by atoms with Crippen molar-refractivity contribution in [3.05, 3.63) is 32.8 Å². The molecular weight excluding hydrogens is 288 g/mol. The second-order valence-corrected chi connectivity index (χ2v) is 4.48. The molecule has 6 heteroatoms. The van der Waals surface area contributed by atoms with Gasteiger partial charge in [0.2, 0.25) is 0 Å². The summed E-state index contributed by atoms with van der Waals surface area (Å²) in [6.07, 6.45) is 0.0169. The quantitative estimate of drug-likeness (QED) is 0.647. The molecule has 1 aromatic carbocycles. The minimum absolute atomic E-state index is 0.0169. The van der Waals surface area contributed by atoms with E-state index in [0.29, 0.717) is 23.3 Å². The van der Waals surface area contributed by atoms with Crippen LogP contribution >= 0.6 is 15.9 Å². The summed E-state index contributed by atoms with van der Waals surface area (Å²) in [5.74, 6) is 0. The number of hydrogen-bond donors (Lipinski definition) is 1. The van der Waals surface area contributed by atoms with Gasteiger partial charge in [-0.05, 0) is 26.0 Å². The summed E-state index contributed by atoms with van der Waals surface area (Å²) in [5.41, 5.74) is 0.563. The summed E-state index contributed by atoms with van der Waals surface area (Å²) >= 11 is 3.21. The van der Waals surface area contributed by atoms with Gasteiger partial charge in [0.15, 0.2) is 0 Å². The van der Waals surface area contributed by atoms with Gasteiger partial charge >= 0.3 is 0 Å². The van der Waals surface area contributed by atoms with E-state index in [-0.39, 0.29) is 11.8 Å². The van der Waals surface area contributed by atoms with Gasteiger partial charge in [-0.3, -0.25) is 10.1 Å². The Morgan fingerprint density at radius 3 is 2.88 bits per heavy atom. The van der Waals surface area contributed by atoms with E-state index in [1.165, 1.54) is 6.07 Å². The SMILES string of the molecule is CCOC(C)CNc1ccc(Br)cc1[N+](=O)[O-]. The van der Waals surface area contributed by atoms with Crippen molar-refractivity contribution >= 4 is 27.3 Å². The lowest BCUT2D eigenvalue weighted by atomic mass is 10.2. The molecule has 0 aromatic heterocycles. The van der Waals surface area contributed by atoms with Crippen molar-refractivity contribution in [2.75, 3.05) is 18.5 Å². The molecule has 0 spiro atoms. The maximum Gasteiger partial charge on any atom is 0.293 e. The molecule has 0 aliphatic rings. The smallest absolute Gasteiger partial charge is 0.293 e. The zero-order valence-corrected chi connectivity index (χ0v) is 11.4. The fourth-order valence-electron chi connectivity index (χ4n) is 1.40. The van der Waals surface area contributed by atoms with Crippen LogP contribution in [-0.4, -0.2) is 24.2 Å². The predicted octanol–water partition coefficient (Wildman–Crippen LogP) is 3.19. The molecule has 0 bridgehead atoms. The van der Waals surface area contributed by atoms with E-state index in [4.69, 9.17) is 4.74 Å². The van der Waals surface area contributed by atoms with Crippen LogP contribution < -0.4 is 5.32 Å². The number of ether oxygens (including phenoxy) is 1. The molecule has 0 saturated carbocycles. The second kappa shape index (κ2) is 6.56. The van der Waals surface area contributed by atoms with Crippen LogP contribution in [0.2, 0.25) is 0 Å². The standard InChI is InChI=1S/C11H15BrN2O3/c1-3-17-8(2)7-13-10-5-4-9(12)6-11(10)14(15)16/h4-6,8,13H,3,7H2,1-2H3. The summed E-state index contributed by atoms with van der Waals surface area (Å²) in [7, 11) is 0. The molecule has 0 radical (unpaired) electrons. The van der Waals surface area contributed by atoms with E-state index in [0.717, 1.165) is 0 Å². The van der Waals surface area contributed by atoms with Crippen molar-refractivity contribution in [3.63, 3.8) is 0 Å². The highest BCUT2D eigenvalue weighted by Gasteiger charge is 2.14. The fourth-order valence-corrected chi connectivity index (χ4v) is 1.75.